The number of rotatable bonds is 4. The largest absolute Gasteiger partial charge is 0.497 e. The van der Waals surface area contributed by atoms with Gasteiger partial charge in [-0.3, -0.25) is 0 Å². The predicted molar refractivity (Wildman–Crippen MR) is 84.5 cm³/mol. The van der Waals surface area contributed by atoms with Crippen LogP contribution in [0.4, 0.5) is 0 Å². The number of hydrogen-bond donors (Lipinski definition) is 1. The van der Waals surface area contributed by atoms with Crippen molar-refractivity contribution in [2.75, 3.05) is 14.2 Å². The van der Waals surface area contributed by atoms with Crippen LogP contribution >= 0.6 is 15.9 Å². The van der Waals surface area contributed by atoms with Crippen molar-refractivity contribution in [3.8, 4) is 11.5 Å². The third-order valence-corrected chi connectivity index (χ3v) is 4.28. The van der Waals surface area contributed by atoms with Gasteiger partial charge in [0.05, 0.1) is 20.3 Å². The Balaban J connectivity index is 2.47. The summed E-state index contributed by atoms with van der Waals surface area (Å²) in [5.74, 6) is 1.49. The molecule has 0 aromatic heterocycles. The minimum Gasteiger partial charge on any atom is -0.497 e. The fourth-order valence-corrected chi connectivity index (χ4v) is 2.59. The standard InChI is InChI=1S/C16H18BrNO2/c1-10-12(5-4-6-14(10)17)16(18)13-8-7-11(19-2)9-15(13)20-3/h4-9,16H,18H2,1-3H3. The van der Waals surface area contributed by atoms with Gasteiger partial charge >= 0.3 is 0 Å². The molecule has 1 unspecified atom stereocenters. The Kier molecular flexibility index (Phi) is 4.68. The van der Waals surface area contributed by atoms with Crippen LogP contribution in [0.5, 0.6) is 11.5 Å². The maximum atomic E-state index is 6.41. The molecule has 3 nitrogen and oxygen atoms in total. The quantitative estimate of drug-likeness (QED) is 0.923. The molecule has 2 rings (SSSR count). The molecular formula is C16H18BrNO2. The molecule has 2 N–H and O–H groups in total. The monoisotopic (exact) mass is 335 g/mol. The van der Waals surface area contributed by atoms with Gasteiger partial charge in [-0.25, -0.2) is 0 Å². The molecule has 2 aromatic carbocycles. The minimum absolute atomic E-state index is 0.242. The molecule has 0 saturated carbocycles. The maximum absolute atomic E-state index is 6.41. The van der Waals surface area contributed by atoms with Crippen LogP contribution < -0.4 is 15.2 Å². The molecule has 0 saturated heterocycles. The van der Waals surface area contributed by atoms with Crippen LogP contribution in [0.25, 0.3) is 0 Å². The van der Waals surface area contributed by atoms with Crippen LogP contribution in [-0.2, 0) is 0 Å². The predicted octanol–water partition coefficient (Wildman–Crippen LogP) is 3.82. The third-order valence-electron chi connectivity index (χ3n) is 3.42. The van der Waals surface area contributed by atoms with Crippen LogP contribution in [0.15, 0.2) is 40.9 Å². The average Bonchev–Trinajstić information content (AvgIpc) is 2.48. The van der Waals surface area contributed by atoms with E-state index in [2.05, 4.69) is 22.9 Å². The third kappa shape index (κ3) is 2.81. The molecule has 0 heterocycles. The summed E-state index contributed by atoms with van der Waals surface area (Å²) in [6.45, 7) is 2.05. The van der Waals surface area contributed by atoms with Gasteiger partial charge < -0.3 is 15.2 Å². The fraction of sp³-hybridized carbons (Fsp3) is 0.250. The van der Waals surface area contributed by atoms with Gasteiger partial charge in [0.1, 0.15) is 11.5 Å². The summed E-state index contributed by atoms with van der Waals surface area (Å²) in [6, 6.07) is 11.5. The Morgan fingerprint density at radius 3 is 2.45 bits per heavy atom. The SMILES string of the molecule is COc1ccc(C(N)c2cccc(Br)c2C)c(OC)c1. The molecule has 2 aromatic rings. The number of nitrogens with two attached hydrogens (primary N) is 1. The number of hydrogen-bond acceptors (Lipinski definition) is 3. The first-order chi connectivity index (χ1) is 9.58. The summed E-state index contributed by atoms with van der Waals surface area (Å²) in [5.41, 5.74) is 9.56. The molecule has 1 atom stereocenters. The molecule has 106 valence electrons. The van der Waals surface area contributed by atoms with E-state index in [4.69, 9.17) is 15.2 Å². The average molecular weight is 336 g/mol. The van der Waals surface area contributed by atoms with E-state index in [1.807, 2.05) is 36.4 Å². The lowest BCUT2D eigenvalue weighted by Crippen LogP contribution is -2.14. The first-order valence-electron chi connectivity index (χ1n) is 6.31. The van der Waals surface area contributed by atoms with Gasteiger partial charge in [0, 0.05) is 16.1 Å². The second-order valence-electron chi connectivity index (χ2n) is 4.54. The molecule has 20 heavy (non-hydrogen) atoms. The highest BCUT2D eigenvalue weighted by atomic mass is 79.9. The molecule has 0 amide bonds. The van der Waals surface area contributed by atoms with Crippen LogP contribution in [0, 0.1) is 6.92 Å². The Morgan fingerprint density at radius 1 is 1.05 bits per heavy atom. The first-order valence-corrected chi connectivity index (χ1v) is 7.10. The van der Waals surface area contributed by atoms with E-state index in [1.165, 1.54) is 0 Å². The highest BCUT2D eigenvalue weighted by molar-refractivity contribution is 9.10. The number of ether oxygens (including phenoxy) is 2. The first kappa shape index (κ1) is 14.9. The van der Waals surface area contributed by atoms with Crippen LogP contribution in [0.2, 0.25) is 0 Å². The van der Waals surface area contributed by atoms with E-state index < -0.39 is 0 Å². The lowest BCUT2D eigenvalue weighted by atomic mass is 9.95. The lowest BCUT2D eigenvalue weighted by molar-refractivity contribution is 0.390. The Labute approximate surface area is 127 Å². The van der Waals surface area contributed by atoms with Gasteiger partial charge in [-0.2, -0.15) is 0 Å². The van der Waals surface area contributed by atoms with Gasteiger partial charge in [0.25, 0.3) is 0 Å². The number of halogens is 1. The van der Waals surface area contributed by atoms with Crippen LogP contribution in [-0.4, -0.2) is 14.2 Å². The van der Waals surface area contributed by atoms with E-state index in [9.17, 15) is 0 Å². The van der Waals surface area contributed by atoms with Gasteiger partial charge in [-0.15, -0.1) is 0 Å². The van der Waals surface area contributed by atoms with Crippen molar-refractivity contribution < 1.29 is 9.47 Å². The molecule has 0 radical (unpaired) electrons. The Hall–Kier alpha value is -1.52. The van der Waals surface area contributed by atoms with Crippen molar-refractivity contribution >= 4 is 15.9 Å². The molecule has 0 fully saturated rings. The van der Waals surface area contributed by atoms with Crippen LogP contribution in [0.3, 0.4) is 0 Å². The summed E-state index contributed by atoms with van der Waals surface area (Å²) in [7, 11) is 3.27. The van der Waals surface area contributed by atoms with Crippen molar-refractivity contribution in [1.82, 2.24) is 0 Å². The lowest BCUT2D eigenvalue weighted by Gasteiger charge is -2.19. The van der Waals surface area contributed by atoms with Crippen molar-refractivity contribution in [2.24, 2.45) is 5.73 Å². The molecule has 0 spiro atoms. The zero-order valence-electron chi connectivity index (χ0n) is 11.8. The highest BCUT2D eigenvalue weighted by Crippen LogP contribution is 2.34. The summed E-state index contributed by atoms with van der Waals surface area (Å²) in [6.07, 6.45) is 0. The second-order valence-corrected chi connectivity index (χ2v) is 5.39. The van der Waals surface area contributed by atoms with Gasteiger partial charge in [0.15, 0.2) is 0 Å². The maximum Gasteiger partial charge on any atom is 0.127 e. The molecule has 0 bridgehead atoms. The van der Waals surface area contributed by atoms with E-state index in [0.29, 0.717) is 0 Å². The van der Waals surface area contributed by atoms with Crippen molar-refractivity contribution in [1.29, 1.82) is 0 Å². The Bertz CT molecular complexity index is 613. The molecule has 0 aliphatic carbocycles. The van der Waals surface area contributed by atoms with E-state index in [-0.39, 0.29) is 6.04 Å². The zero-order chi connectivity index (χ0) is 14.7. The fourth-order valence-electron chi connectivity index (χ4n) is 2.20. The summed E-state index contributed by atoms with van der Waals surface area (Å²) in [5, 5.41) is 0. The molecule has 0 aliphatic rings. The van der Waals surface area contributed by atoms with Crippen molar-refractivity contribution in [2.45, 2.75) is 13.0 Å². The second kappa shape index (κ2) is 6.29. The highest BCUT2D eigenvalue weighted by Gasteiger charge is 2.17. The molecule has 0 aliphatic heterocycles. The molecular weight excluding hydrogens is 318 g/mol. The van der Waals surface area contributed by atoms with Crippen LogP contribution in [0.1, 0.15) is 22.7 Å². The number of methoxy groups -OCH3 is 2. The summed E-state index contributed by atoms with van der Waals surface area (Å²) >= 11 is 3.54. The van der Waals surface area contributed by atoms with Gasteiger partial charge in [-0.05, 0) is 36.2 Å². The topological polar surface area (TPSA) is 44.5 Å². The summed E-state index contributed by atoms with van der Waals surface area (Å²) in [4.78, 5) is 0. The van der Waals surface area contributed by atoms with Gasteiger partial charge in [-0.1, -0.05) is 28.1 Å². The van der Waals surface area contributed by atoms with E-state index in [0.717, 1.165) is 32.7 Å². The number of benzene rings is 2. The van der Waals surface area contributed by atoms with Crippen molar-refractivity contribution in [3.05, 3.63) is 57.6 Å². The van der Waals surface area contributed by atoms with E-state index in [1.54, 1.807) is 14.2 Å². The zero-order valence-corrected chi connectivity index (χ0v) is 13.4. The Morgan fingerprint density at radius 2 is 1.80 bits per heavy atom. The van der Waals surface area contributed by atoms with Gasteiger partial charge in [0.2, 0.25) is 0 Å². The smallest absolute Gasteiger partial charge is 0.127 e. The molecule has 4 heteroatoms. The normalized spacial score (nSPS) is 12.1. The summed E-state index contributed by atoms with van der Waals surface area (Å²) < 4.78 is 11.7. The van der Waals surface area contributed by atoms with E-state index >= 15 is 0 Å². The van der Waals surface area contributed by atoms with Crippen molar-refractivity contribution in [3.63, 3.8) is 0 Å². The minimum atomic E-state index is -0.242.